The quantitative estimate of drug-likeness (QED) is 0.327. The number of aromatic nitrogens is 2. The normalized spacial score (nSPS) is 14.0. The van der Waals surface area contributed by atoms with Crippen LogP contribution in [0.3, 0.4) is 0 Å². The van der Waals surface area contributed by atoms with Crippen LogP contribution in [0.4, 0.5) is 11.5 Å². The van der Waals surface area contributed by atoms with Crippen molar-refractivity contribution in [3.8, 4) is 0 Å². The van der Waals surface area contributed by atoms with Crippen molar-refractivity contribution in [1.29, 1.82) is 0 Å². The Kier molecular flexibility index (Phi) is 6.63. The summed E-state index contributed by atoms with van der Waals surface area (Å²) in [5.74, 6) is 0.464. The van der Waals surface area contributed by atoms with Crippen molar-refractivity contribution in [3.63, 3.8) is 0 Å². The number of nitrogens with zero attached hydrogens (tertiary/aromatic N) is 4. The zero-order chi connectivity index (χ0) is 21.8. The van der Waals surface area contributed by atoms with Crippen molar-refractivity contribution in [2.24, 2.45) is 0 Å². The molecule has 8 heteroatoms. The van der Waals surface area contributed by atoms with Crippen LogP contribution in [0.5, 0.6) is 0 Å². The minimum atomic E-state index is -0.932. The third-order valence-electron chi connectivity index (χ3n) is 5.26. The number of halogens is 1. The molecular formula is C23H23ClN4O2S. The van der Waals surface area contributed by atoms with Gasteiger partial charge in [-0.05, 0) is 36.2 Å². The predicted octanol–water partition coefficient (Wildman–Crippen LogP) is 4.76. The highest BCUT2D eigenvalue weighted by Gasteiger charge is 2.20. The smallest absolute Gasteiger partial charge is 0.335 e. The molecule has 1 aliphatic rings. The molecular weight excluding hydrogens is 432 g/mol. The Hall–Kier alpha value is -2.77. The topological polar surface area (TPSA) is 69.6 Å². The maximum absolute atomic E-state index is 11.2. The minimum Gasteiger partial charge on any atom is -0.478 e. The number of carboxylic acid groups (broad SMARTS) is 1. The average molecular weight is 455 g/mol. The molecule has 3 aromatic rings. The molecule has 0 radical (unpaired) electrons. The summed E-state index contributed by atoms with van der Waals surface area (Å²) in [6.07, 6.45) is 0. The van der Waals surface area contributed by atoms with Gasteiger partial charge in [0, 0.05) is 43.7 Å². The Bertz CT molecular complexity index is 1090. The first-order valence-electron chi connectivity index (χ1n) is 10.0. The number of hydrogen-bond acceptors (Lipinski definition) is 6. The first kappa shape index (κ1) is 21.5. The van der Waals surface area contributed by atoms with E-state index in [0.29, 0.717) is 16.1 Å². The first-order chi connectivity index (χ1) is 15.0. The van der Waals surface area contributed by atoms with Gasteiger partial charge in [-0.15, -0.1) is 0 Å². The van der Waals surface area contributed by atoms with Crippen LogP contribution in [0.1, 0.15) is 21.5 Å². The Morgan fingerprint density at radius 1 is 1.03 bits per heavy atom. The number of para-hydroxylation sites is 1. The second-order valence-electron chi connectivity index (χ2n) is 7.39. The molecule has 2 heterocycles. The number of anilines is 2. The fourth-order valence-electron chi connectivity index (χ4n) is 3.65. The van der Waals surface area contributed by atoms with Crippen molar-refractivity contribution in [1.82, 2.24) is 9.97 Å². The van der Waals surface area contributed by atoms with Crippen molar-refractivity contribution >= 4 is 40.8 Å². The van der Waals surface area contributed by atoms with E-state index in [9.17, 15) is 4.79 Å². The number of aryl methyl sites for hydroxylation is 1. The van der Waals surface area contributed by atoms with Crippen molar-refractivity contribution in [3.05, 3.63) is 76.4 Å². The lowest BCUT2D eigenvalue weighted by Crippen LogP contribution is -2.47. The number of carboxylic acids is 1. The third-order valence-corrected chi connectivity index (χ3v) is 6.37. The highest BCUT2D eigenvalue weighted by Crippen LogP contribution is 2.27. The number of benzene rings is 2. The van der Waals surface area contributed by atoms with E-state index >= 15 is 0 Å². The molecule has 1 saturated heterocycles. The van der Waals surface area contributed by atoms with Gasteiger partial charge in [0.15, 0.2) is 5.16 Å². The van der Waals surface area contributed by atoms with E-state index in [0.717, 1.165) is 37.6 Å². The molecule has 0 aliphatic carbocycles. The molecule has 2 aromatic carbocycles. The molecule has 0 saturated carbocycles. The summed E-state index contributed by atoms with van der Waals surface area (Å²) >= 11 is 7.73. The van der Waals surface area contributed by atoms with Crippen LogP contribution in [-0.4, -0.2) is 47.2 Å². The van der Waals surface area contributed by atoms with Gasteiger partial charge in [-0.25, -0.2) is 14.8 Å². The fourth-order valence-corrected chi connectivity index (χ4v) is 4.67. The molecule has 0 atom stereocenters. The molecule has 0 unspecified atom stereocenters. The van der Waals surface area contributed by atoms with Crippen LogP contribution < -0.4 is 9.80 Å². The van der Waals surface area contributed by atoms with Crippen molar-refractivity contribution in [2.45, 2.75) is 17.8 Å². The zero-order valence-electron chi connectivity index (χ0n) is 17.2. The maximum atomic E-state index is 11.2. The van der Waals surface area contributed by atoms with Gasteiger partial charge in [0.25, 0.3) is 0 Å². The average Bonchev–Trinajstić information content (AvgIpc) is 2.78. The van der Waals surface area contributed by atoms with Gasteiger partial charge in [-0.3, -0.25) is 0 Å². The lowest BCUT2D eigenvalue weighted by atomic mass is 10.1. The summed E-state index contributed by atoms with van der Waals surface area (Å²) in [6, 6.07) is 17.2. The summed E-state index contributed by atoms with van der Waals surface area (Å²) in [5, 5.41) is 10.2. The monoisotopic (exact) mass is 454 g/mol. The summed E-state index contributed by atoms with van der Waals surface area (Å²) < 4.78 is 0. The molecule has 160 valence electrons. The summed E-state index contributed by atoms with van der Waals surface area (Å²) in [4.78, 5) is 24.8. The minimum absolute atomic E-state index is 0.275. The predicted molar refractivity (Wildman–Crippen MR) is 126 cm³/mol. The standard InChI is InChI=1S/C23H23ClN4O2S/c1-16-5-2-3-8-19(16)27-9-11-28(12-10-27)21-14-20(24)25-23(26-21)31-15-17-6-4-7-18(13-17)22(29)30/h2-8,13-14H,9-12,15H2,1H3,(H,29,30). The summed E-state index contributed by atoms with van der Waals surface area (Å²) in [7, 11) is 0. The summed E-state index contributed by atoms with van der Waals surface area (Å²) in [6.45, 7) is 5.67. The van der Waals surface area contributed by atoms with Gasteiger partial charge < -0.3 is 14.9 Å². The fraction of sp³-hybridized carbons (Fsp3) is 0.261. The lowest BCUT2D eigenvalue weighted by molar-refractivity contribution is 0.0696. The van der Waals surface area contributed by atoms with Gasteiger partial charge in [0.05, 0.1) is 5.56 Å². The molecule has 1 aromatic heterocycles. The van der Waals surface area contributed by atoms with E-state index in [1.807, 2.05) is 6.07 Å². The number of rotatable bonds is 6. The van der Waals surface area contributed by atoms with Crippen molar-refractivity contribution in [2.75, 3.05) is 36.0 Å². The Balaban J connectivity index is 1.42. The van der Waals surface area contributed by atoms with E-state index in [1.54, 1.807) is 24.3 Å². The van der Waals surface area contributed by atoms with Gasteiger partial charge in [-0.2, -0.15) is 0 Å². The zero-order valence-corrected chi connectivity index (χ0v) is 18.7. The summed E-state index contributed by atoms with van der Waals surface area (Å²) in [5.41, 5.74) is 3.74. The molecule has 4 rings (SSSR count). The number of hydrogen-bond donors (Lipinski definition) is 1. The number of thioether (sulfide) groups is 1. The molecule has 31 heavy (non-hydrogen) atoms. The van der Waals surface area contributed by atoms with Gasteiger partial charge >= 0.3 is 5.97 Å². The Morgan fingerprint density at radius 2 is 1.77 bits per heavy atom. The molecule has 0 bridgehead atoms. The molecule has 1 fully saturated rings. The van der Waals surface area contributed by atoms with E-state index in [2.05, 4.69) is 46.0 Å². The van der Waals surface area contributed by atoms with Gasteiger partial charge in [-0.1, -0.05) is 53.7 Å². The van der Waals surface area contributed by atoms with Crippen LogP contribution in [-0.2, 0) is 5.75 Å². The Morgan fingerprint density at radius 3 is 2.52 bits per heavy atom. The highest BCUT2D eigenvalue weighted by atomic mass is 35.5. The second-order valence-corrected chi connectivity index (χ2v) is 8.72. The SMILES string of the molecule is Cc1ccccc1N1CCN(c2cc(Cl)nc(SCc3cccc(C(=O)O)c3)n2)CC1. The van der Waals surface area contributed by atoms with Crippen LogP contribution in [0.2, 0.25) is 5.15 Å². The molecule has 0 amide bonds. The molecule has 6 nitrogen and oxygen atoms in total. The third kappa shape index (κ3) is 5.29. The van der Waals surface area contributed by atoms with Crippen LogP contribution in [0, 0.1) is 6.92 Å². The van der Waals surface area contributed by atoms with Gasteiger partial charge in [0.1, 0.15) is 11.0 Å². The van der Waals surface area contributed by atoms with Crippen LogP contribution >= 0.6 is 23.4 Å². The first-order valence-corrected chi connectivity index (χ1v) is 11.4. The van der Waals surface area contributed by atoms with Gasteiger partial charge in [0.2, 0.25) is 0 Å². The molecule has 1 N–H and O–H groups in total. The maximum Gasteiger partial charge on any atom is 0.335 e. The van der Waals surface area contributed by atoms with Crippen LogP contribution in [0.15, 0.2) is 59.8 Å². The highest BCUT2D eigenvalue weighted by molar-refractivity contribution is 7.98. The Labute approximate surface area is 190 Å². The number of piperazine rings is 1. The van der Waals surface area contributed by atoms with Crippen LogP contribution in [0.25, 0.3) is 0 Å². The second kappa shape index (κ2) is 9.58. The molecule has 1 aliphatic heterocycles. The van der Waals surface area contributed by atoms with E-state index in [4.69, 9.17) is 21.7 Å². The van der Waals surface area contributed by atoms with Crippen molar-refractivity contribution < 1.29 is 9.90 Å². The molecule has 0 spiro atoms. The van der Waals surface area contributed by atoms with E-state index < -0.39 is 5.97 Å². The van der Waals surface area contributed by atoms with E-state index in [1.165, 1.54) is 23.0 Å². The number of carbonyl (C=O) groups is 1. The van der Waals surface area contributed by atoms with E-state index in [-0.39, 0.29) is 5.56 Å². The number of aromatic carboxylic acids is 1. The largest absolute Gasteiger partial charge is 0.478 e. The lowest BCUT2D eigenvalue weighted by Gasteiger charge is -2.37.